The van der Waals surface area contributed by atoms with Crippen molar-refractivity contribution < 1.29 is 18.0 Å². The summed E-state index contributed by atoms with van der Waals surface area (Å²) < 4.78 is 22.6. The summed E-state index contributed by atoms with van der Waals surface area (Å²) in [4.78, 5) is 24.8. The number of carbonyl (C=O) groups is 2. The number of sulfonamides is 1. The molecule has 4 N–H and O–H groups in total. The van der Waals surface area contributed by atoms with Crippen LogP contribution in [0, 0.1) is 11.3 Å². The number of amides is 2. The molecule has 0 unspecified atom stereocenters. The fraction of sp³-hybridized carbons (Fsp3) is 0. The van der Waals surface area contributed by atoms with Crippen LogP contribution in [0.1, 0.15) is 15.9 Å². The first-order valence-electron chi connectivity index (χ1n) is 9.39. The molecule has 0 bridgehead atoms. The highest BCUT2D eigenvalue weighted by atomic mass is 35.5. The van der Waals surface area contributed by atoms with Crippen molar-refractivity contribution in [3.05, 3.63) is 94.5 Å². The van der Waals surface area contributed by atoms with Gasteiger partial charge in [0.25, 0.3) is 11.8 Å². The van der Waals surface area contributed by atoms with Crippen molar-refractivity contribution in [2.45, 2.75) is 4.90 Å². The van der Waals surface area contributed by atoms with Crippen LogP contribution in [0.3, 0.4) is 0 Å². The number of nitrogens with two attached hydrogens (primary N) is 1. The van der Waals surface area contributed by atoms with Crippen molar-refractivity contribution in [2.24, 2.45) is 5.14 Å². The van der Waals surface area contributed by atoms with Crippen LogP contribution in [-0.4, -0.2) is 20.2 Å². The smallest absolute Gasteiger partial charge is 0.266 e. The van der Waals surface area contributed by atoms with E-state index in [0.29, 0.717) is 21.8 Å². The number of primary sulfonamides is 1. The topological polar surface area (TPSA) is 142 Å². The van der Waals surface area contributed by atoms with E-state index in [-0.39, 0.29) is 16.2 Å². The highest BCUT2D eigenvalue weighted by Crippen LogP contribution is 2.19. The Morgan fingerprint density at radius 2 is 1.64 bits per heavy atom. The average Bonchev–Trinajstić information content (AvgIpc) is 2.77. The van der Waals surface area contributed by atoms with Crippen molar-refractivity contribution in [1.82, 2.24) is 0 Å². The van der Waals surface area contributed by atoms with E-state index in [9.17, 15) is 23.3 Å². The molecule has 0 radical (unpaired) electrons. The van der Waals surface area contributed by atoms with Crippen LogP contribution in [-0.2, 0) is 14.8 Å². The van der Waals surface area contributed by atoms with Gasteiger partial charge in [-0.25, -0.2) is 13.6 Å². The second-order valence-electron chi connectivity index (χ2n) is 6.75. The average molecular weight is 481 g/mol. The molecule has 0 heterocycles. The maximum atomic E-state index is 12.5. The van der Waals surface area contributed by atoms with Crippen LogP contribution in [0.15, 0.2) is 83.3 Å². The molecule has 0 saturated carbocycles. The lowest BCUT2D eigenvalue weighted by molar-refractivity contribution is -0.112. The summed E-state index contributed by atoms with van der Waals surface area (Å²) in [5, 5.41) is 20.0. The zero-order valence-corrected chi connectivity index (χ0v) is 18.5. The highest BCUT2D eigenvalue weighted by Gasteiger charge is 2.13. The van der Waals surface area contributed by atoms with E-state index in [1.54, 1.807) is 48.5 Å². The summed E-state index contributed by atoms with van der Waals surface area (Å²) in [5.74, 6) is -1.09. The Bertz CT molecular complexity index is 1390. The lowest BCUT2D eigenvalue weighted by Gasteiger charge is -2.08. The van der Waals surface area contributed by atoms with E-state index in [4.69, 9.17) is 16.7 Å². The number of hydrogen-bond donors (Lipinski definition) is 3. The predicted octanol–water partition coefficient (Wildman–Crippen LogP) is 3.79. The van der Waals surface area contributed by atoms with Crippen LogP contribution in [0.5, 0.6) is 0 Å². The Morgan fingerprint density at radius 1 is 0.939 bits per heavy atom. The van der Waals surface area contributed by atoms with Crippen LogP contribution in [0.4, 0.5) is 11.4 Å². The third kappa shape index (κ3) is 6.27. The molecule has 0 aliphatic rings. The van der Waals surface area contributed by atoms with Gasteiger partial charge >= 0.3 is 0 Å². The minimum Gasteiger partial charge on any atom is -0.322 e. The van der Waals surface area contributed by atoms with Crippen molar-refractivity contribution in [2.75, 3.05) is 10.6 Å². The molecule has 0 aromatic heterocycles. The molecule has 0 saturated heterocycles. The third-order valence-electron chi connectivity index (χ3n) is 4.38. The van der Waals surface area contributed by atoms with E-state index >= 15 is 0 Å². The Balaban J connectivity index is 1.75. The van der Waals surface area contributed by atoms with Gasteiger partial charge in [0.15, 0.2) is 0 Å². The fourth-order valence-corrected chi connectivity index (χ4v) is 3.53. The Labute approximate surface area is 195 Å². The van der Waals surface area contributed by atoms with Gasteiger partial charge in [0.05, 0.1) is 15.5 Å². The van der Waals surface area contributed by atoms with Crippen molar-refractivity contribution >= 4 is 50.9 Å². The minimum absolute atomic E-state index is 0.104. The van der Waals surface area contributed by atoms with Crippen LogP contribution < -0.4 is 15.8 Å². The molecule has 0 aliphatic carbocycles. The first-order chi connectivity index (χ1) is 15.7. The zero-order valence-electron chi connectivity index (χ0n) is 16.9. The number of benzene rings is 3. The van der Waals surface area contributed by atoms with Gasteiger partial charge in [0.2, 0.25) is 10.0 Å². The predicted molar refractivity (Wildman–Crippen MR) is 126 cm³/mol. The van der Waals surface area contributed by atoms with Gasteiger partial charge < -0.3 is 10.6 Å². The lowest BCUT2D eigenvalue weighted by Crippen LogP contribution is -2.15. The minimum atomic E-state index is -3.86. The van der Waals surface area contributed by atoms with Gasteiger partial charge in [-0.05, 0) is 60.2 Å². The number of carbonyl (C=O) groups excluding carboxylic acids is 2. The molecular formula is C23H17ClN4O4S. The maximum absolute atomic E-state index is 12.5. The molecule has 2 amide bonds. The van der Waals surface area contributed by atoms with Crippen LogP contribution in [0.2, 0.25) is 5.02 Å². The second kappa shape index (κ2) is 10.1. The van der Waals surface area contributed by atoms with Gasteiger partial charge in [-0.1, -0.05) is 35.9 Å². The molecular weight excluding hydrogens is 464 g/mol. The van der Waals surface area contributed by atoms with E-state index in [0.717, 1.165) is 0 Å². The van der Waals surface area contributed by atoms with Gasteiger partial charge in [0.1, 0.15) is 11.6 Å². The summed E-state index contributed by atoms with van der Waals surface area (Å²) in [6, 6.07) is 20.2. The summed E-state index contributed by atoms with van der Waals surface area (Å²) in [6.45, 7) is 0. The fourth-order valence-electron chi connectivity index (χ4n) is 2.79. The van der Waals surface area contributed by atoms with Gasteiger partial charge in [0, 0.05) is 11.4 Å². The quantitative estimate of drug-likeness (QED) is 0.363. The number of nitriles is 1. The molecule has 166 valence electrons. The maximum Gasteiger partial charge on any atom is 0.266 e. The molecule has 0 atom stereocenters. The molecule has 0 aliphatic heterocycles. The number of halogens is 1. The normalized spacial score (nSPS) is 11.4. The van der Waals surface area contributed by atoms with Crippen LogP contribution >= 0.6 is 11.6 Å². The van der Waals surface area contributed by atoms with Gasteiger partial charge in [-0.2, -0.15) is 5.26 Å². The van der Waals surface area contributed by atoms with E-state index in [1.807, 2.05) is 6.07 Å². The monoisotopic (exact) mass is 480 g/mol. The molecule has 3 aromatic carbocycles. The number of hydrogen-bond acceptors (Lipinski definition) is 5. The van der Waals surface area contributed by atoms with E-state index in [2.05, 4.69) is 10.6 Å². The number of rotatable bonds is 6. The summed E-state index contributed by atoms with van der Waals surface area (Å²) >= 11 is 6.05. The number of anilines is 2. The zero-order chi connectivity index (χ0) is 24.0. The van der Waals surface area contributed by atoms with Gasteiger partial charge in [-0.15, -0.1) is 0 Å². The number of nitrogens with zero attached hydrogens (tertiary/aromatic N) is 1. The van der Waals surface area contributed by atoms with E-state index < -0.39 is 21.8 Å². The SMILES string of the molecule is N#C/C(=C\c1cccc(NC(=O)c2ccccc2Cl)c1)C(=O)Nc1ccc(S(N)(=O)=O)cc1. The summed E-state index contributed by atoms with van der Waals surface area (Å²) in [5.41, 5.74) is 1.35. The largest absolute Gasteiger partial charge is 0.322 e. The van der Waals surface area contributed by atoms with Crippen LogP contribution in [0.25, 0.3) is 6.08 Å². The molecule has 3 rings (SSSR count). The molecule has 0 spiro atoms. The second-order valence-corrected chi connectivity index (χ2v) is 8.72. The molecule has 33 heavy (non-hydrogen) atoms. The molecule has 0 fully saturated rings. The Hall–Kier alpha value is -3.97. The third-order valence-corrected chi connectivity index (χ3v) is 5.64. The Morgan fingerprint density at radius 3 is 2.27 bits per heavy atom. The lowest BCUT2D eigenvalue weighted by atomic mass is 10.1. The van der Waals surface area contributed by atoms with Crippen molar-refractivity contribution in [1.29, 1.82) is 5.26 Å². The van der Waals surface area contributed by atoms with Crippen molar-refractivity contribution in [3.63, 3.8) is 0 Å². The van der Waals surface area contributed by atoms with E-state index in [1.165, 1.54) is 30.3 Å². The van der Waals surface area contributed by atoms with Gasteiger partial charge in [-0.3, -0.25) is 9.59 Å². The number of nitrogens with one attached hydrogen (secondary N) is 2. The molecule has 8 nitrogen and oxygen atoms in total. The standard InChI is InChI=1S/C23H17ClN4O4S/c24-21-7-2-1-6-20(21)23(30)28-18-5-3-4-15(13-18)12-16(14-25)22(29)27-17-8-10-19(11-9-17)33(26,31)32/h1-13H,(H,27,29)(H,28,30)(H2,26,31,32)/b16-12+. The first kappa shape index (κ1) is 23.7. The van der Waals surface area contributed by atoms with Crippen molar-refractivity contribution in [3.8, 4) is 6.07 Å². The summed E-state index contributed by atoms with van der Waals surface area (Å²) in [6.07, 6.45) is 1.36. The molecule has 10 heteroatoms. The first-order valence-corrected chi connectivity index (χ1v) is 11.3. The summed E-state index contributed by atoms with van der Waals surface area (Å²) in [7, 11) is -3.86. The molecule has 3 aromatic rings. The Kier molecular flexibility index (Phi) is 7.25. The highest BCUT2D eigenvalue weighted by molar-refractivity contribution is 7.89.